The van der Waals surface area contributed by atoms with Gasteiger partial charge in [0.2, 0.25) is 0 Å². The van der Waals surface area contributed by atoms with Crippen LogP contribution >= 0.6 is 11.3 Å². The molecule has 1 saturated heterocycles. The molecule has 33 heavy (non-hydrogen) atoms. The fourth-order valence-electron chi connectivity index (χ4n) is 3.79. The van der Waals surface area contributed by atoms with Gasteiger partial charge in [-0.15, -0.1) is 0 Å². The number of hydrogen-bond donors (Lipinski definition) is 1. The molecule has 1 fully saturated rings. The molecular weight excluding hydrogens is 440 g/mol. The number of benzene rings is 2. The average Bonchev–Trinajstić information content (AvgIpc) is 3.56. The van der Waals surface area contributed by atoms with Crippen LogP contribution in [0.5, 0.6) is 5.75 Å². The molecule has 2 aromatic heterocycles. The number of furan rings is 1. The Labute approximate surface area is 193 Å². The van der Waals surface area contributed by atoms with E-state index in [1.807, 2.05) is 31.2 Å². The summed E-state index contributed by atoms with van der Waals surface area (Å²) >= 11 is 1.30. The molecule has 0 bridgehead atoms. The van der Waals surface area contributed by atoms with Crippen molar-refractivity contribution in [2.24, 2.45) is 0 Å². The van der Waals surface area contributed by atoms with Crippen LogP contribution in [0.15, 0.2) is 76.9 Å². The number of carbonyl (C=O) groups is 2. The molecule has 1 N–H and O–H groups in total. The van der Waals surface area contributed by atoms with Crippen LogP contribution in [-0.4, -0.2) is 28.4 Å². The first-order valence-corrected chi connectivity index (χ1v) is 11.3. The van der Waals surface area contributed by atoms with E-state index in [9.17, 15) is 14.7 Å². The summed E-state index contributed by atoms with van der Waals surface area (Å²) in [5, 5.41) is 11.5. The van der Waals surface area contributed by atoms with Gasteiger partial charge in [-0.3, -0.25) is 14.5 Å². The number of nitrogens with zero attached hydrogens (tertiary/aromatic N) is 2. The number of amides is 1. The molecule has 2 aromatic carbocycles. The maximum atomic E-state index is 13.1. The number of para-hydroxylation sites is 1. The Balaban J connectivity index is 1.61. The van der Waals surface area contributed by atoms with Crippen molar-refractivity contribution in [1.29, 1.82) is 0 Å². The van der Waals surface area contributed by atoms with Crippen LogP contribution in [0.2, 0.25) is 0 Å². The molecule has 0 saturated carbocycles. The van der Waals surface area contributed by atoms with Crippen molar-refractivity contribution in [3.8, 4) is 5.75 Å². The summed E-state index contributed by atoms with van der Waals surface area (Å²) in [7, 11) is 0. The summed E-state index contributed by atoms with van der Waals surface area (Å²) in [4.78, 5) is 32.1. The Morgan fingerprint density at radius 1 is 1.12 bits per heavy atom. The zero-order valence-corrected chi connectivity index (χ0v) is 18.5. The van der Waals surface area contributed by atoms with Gasteiger partial charge in [-0.1, -0.05) is 30.4 Å². The smallest absolute Gasteiger partial charge is 0.302 e. The third-order valence-electron chi connectivity index (χ3n) is 5.35. The number of carbonyl (C=O) groups excluding carboxylic acids is 2. The highest BCUT2D eigenvalue weighted by Gasteiger charge is 2.49. The van der Waals surface area contributed by atoms with Crippen molar-refractivity contribution in [3.05, 3.63) is 83.8 Å². The normalized spacial score (nSPS) is 17.7. The second-order valence-corrected chi connectivity index (χ2v) is 8.53. The van der Waals surface area contributed by atoms with E-state index in [-0.39, 0.29) is 11.3 Å². The molecule has 166 valence electrons. The summed E-state index contributed by atoms with van der Waals surface area (Å²) in [6.07, 6.45) is 2.34. The number of ether oxygens (including phenoxy) is 1. The molecule has 5 rings (SSSR count). The number of rotatable bonds is 6. The first-order valence-electron chi connectivity index (χ1n) is 10.5. The molecule has 1 unspecified atom stereocenters. The highest BCUT2D eigenvalue weighted by atomic mass is 32.1. The molecule has 0 aliphatic carbocycles. The molecule has 7 nitrogen and oxygen atoms in total. The van der Waals surface area contributed by atoms with E-state index in [0.717, 1.165) is 16.6 Å². The van der Waals surface area contributed by atoms with Crippen molar-refractivity contribution >= 4 is 44.1 Å². The Kier molecular flexibility index (Phi) is 5.43. The topological polar surface area (TPSA) is 92.9 Å². The van der Waals surface area contributed by atoms with Crippen LogP contribution in [-0.2, 0) is 9.59 Å². The van der Waals surface area contributed by atoms with Gasteiger partial charge in [-0.2, -0.15) is 0 Å². The van der Waals surface area contributed by atoms with Crippen molar-refractivity contribution in [2.45, 2.75) is 19.4 Å². The third kappa shape index (κ3) is 3.68. The maximum Gasteiger partial charge on any atom is 0.302 e. The summed E-state index contributed by atoms with van der Waals surface area (Å²) < 4.78 is 12.1. The number of anilines is 1. The van der Waals surface area contributed by atoms with Gasteiger partial charge in [0, 0.05) is 5.56 Å². The van der Waals surface area contributed by atoms with E-state index in [4.69, 9.17) is 9.15 Å². The Morgan fingerprint density at radius 2 is 1.91 bits per heavy atom. The van der Waals surface area contributed by atoms with E-state index in [1.54, 1.807) is 36.4 Å². The number of aliphatic hydroxyl groups excluding tert-OH is 1. The first-order chi connectivity index (χ1) is 16.1. The number of hydrogen-bond acceptors (Lipinski definition) is 7. The van der Waals surface area contributed by atoms with E-state index < -0.39 is 17.7 Å². The fraction of sp³-hybridized carbons (Fsp3) is 0.160. The molecule has 0 spiro atoms. The zero-order valence-electron chi connectivity index (χ0n) is 17.7. The minimum atomic E-state index is -0.934. The van der Waals surface area contributed by atoms with Crippen LogP contribution < -0.4 is 9.64 Å². The van der Waals surface area contributed by atoms with Gasteiger partial charge in [0.25, 0.3) is 5.78 Å². The van der Waals surface area contributed by atoms with Gasteiger partial charge in [0.05, 0.1) is 28.7 Å². The van der Waals surface area contributed by atoms with Crippen molar-refractivity contribution < 1.29 is 23.8 Å². The number of Topliss-reactive ketones (excluding diaryl/α,β-unsaturated/α-hetero) is 1. The second kappa shape index (κ2) is 8.55. The van der Waals surface area contributed by atoms with Gasteiger partial charge < -0.3 is 14.3 Å². The molecule has 1 aliphatic heterocycles. The standard InChI is InChI=1S/C25H20N2O5S/c1-2-13-31-16-11-9-15(10-12-16)22(28)20-21(18-7-5-14-32-18)27(24(30)23(20)29)25-26-17-6-3-4-8-19(17)33-25/h3-12,14,21,28H,2,13H2,1H3/b22-20+. The van der Waals surface area contributed by atoms with Gasteiger partial charge in [-0.05, 0) is 55.0 Å². The van der Waals surface area contributed by atoms with Crippen molar-refractivity contribution in [1.82, 2.24) is 4.98 Å². The zero-order chi connectivity index (χ0) is 22.9. The highest BCUT2D eigenvalue weighted by Crippen LogP contribution is 2.44. The molecule has 3 heterocycles. The van der Waals surface area contributed by atoms with Crippen molar-refractivity contribution in [3.63, 3.8) is 0 Å². The minimum absolute atomic E-state index is 0.0450. The number of aromatic nitrogens is 1. The molecule has 1 aliphatic rings. The summed E-state index contributed by atoms with van der Waals surface area (Å²) in [6.45, 7) is 2.59. The molecular formula is C25H20N2O5S. The molecule has 8 heteroatoms. The van der Waals surface area contributed by atoms with E-state index in [1.165, 1.54) is 22.5 Å². The van der Waals surface area contributed by atoms with E-state index in [0.29, 0.717) is 28.8 Å². The predicted octanol–water partition coefficient (Wildman–Crippen LogP) is 5.30. The van der Waals surface area contributed by atoms with Crippen molar-refractivity contribution in [2.75, 3.05) is 11.5 Å². The molecule has 0 radical (unpaired) electrons. The summed E-state index contributed by atoms with van der Waals surface area (Å²) in [6, 6.07) is 16.7. The maximum absolute atomic E-state index is 13.1. The van der Waals surface area contributed by atoms with E-state index >= 15 is 0 Å². The lowest BCUT2D eigenvalue weighted by Gasteiger charge is -2.20. The average molecular weight is 461 g/mol. The van der Waals surface area contributed by atoms with Gasteiger partial charge in [0.15, 0.2) is 5.13 Å². The Hall–Kier alpha value is -3.91. The van der Waals surface area contributed by atoms with Crippen LogP contribution in [0.1, 0.15) is 30.7 Å². The number of aliphatic hydroxyl groups is 1. The van der Waals surface area contributed by atoms with Crippen LogP contribution in [0.3, 0.4) is 0 Å². The highest BCUT2D eigenvalue weighted by molar-refractivity contribution is 7.22. The SMILES string of the molecule is CCCOc1ccc(/C(O)=C2\C(=O)C(=O)N(c3nc4ccccc4s3)C2c2ccco2)cc1. The first kappa shape index (κ1) is 21.0. The van der Waals surface area contributed by atoms with Gasteiger partial charge in [0.1, 0.15) is 23.3 Å². The molecule has 1 atom stereocenters. The monoisotopic (exact) mass is 460 g/mol. The summed E-state index contributed by atoms with van der Waals surface area (Å²) in [5.41, 5.74) is 1.08. The lowest BCUT2D eigenvalue weighted by molar-refractivity contribution is -0.132. The lowest BCUT2D eigenvalue weighted by atomic mass is 9.99. The van der Waals surface area contributed by atoms with Gasteiger partial charge >= 0.3 is 5.91 Å². The van der Waals surface area contributed by atoms with Crippen LogP contribution in [0.25, 0.3) is 16.0 Å². The van der Waals surface area contributed by atoms with Crippen LogP contribution in [0, 0.1) is 0 Å². The number of fused-ring (bicyclic) bond motifs is 1. The number of thiazole rings is 1. The second-order valence-electron chi connectivity index (χ2n) is 7.52. The summed E-state index contributed by atoms with van der Waals surface area (Å²) in [5.74, 6) is -0.816. The fourth-order valence-corrected chi connectivity index (χ4v) is 4.79. The minimum Gasteiger partial charge on any atom is -0.507 e. The largest absolute Gasteiger partial charge is 0.507 e. The predicted molar refractivity (Wildman–Crippen MR) is 125 cm³/mol. The third-order valence-corrected chi connectivity index (χ3v) is 6.38. The van der Waals surface area contributed by atoms with E-state index in [2.05, 4.69) is 4.98 Å². The molecule has 4 aromatic rings. The quantitative estimate of drug-likeness (QED) is 0.238. The Bertz CT molecular complexity index is 1320. The van der Waals surface area contributed by atoms with Crippen LogP contribution in [0.4, 0.5) is 5.13 Å². The number of ketones is 1. The Morgan fingerprint density at radius 3 is 2.61 bits per heavy atom. The lowest BCUT2D eigenvalue weighted by Crippen LogP contribution is -2.29. The molecule has 1 amide bonds. The van der Waals surface area contributed by atoms with Gasteiger partial charge in [-0.25, -0.2) is 4.98 Å².